The molecule has 1 saturated heterocycles. The van der Waals surface area contributed by atoms with E-state index in [0.29, 0.717) is 24.5 Å². The van der Waals surface area contributed by atoms with E-state index in [0.717, 1.165) is 5.69 Å². The molecule has 0 radical (unpaired) electrons. The number of hydrogen-bond donors (Lipinski definition) is 2. The van der Waals surface area contributed by atoms with Crippen molar-refractivity contribution in [3.63, 3.8) is 0 Å². The standard InChI is InChI=1S/C12H16N6O2/c1-7-3-9(16-15-7)12(19)18-5-8(20-2)4-10(18)11-13-6-14-17-11/h3,6,8,10H,4-5H2,1-2H3,(H,15,16)(H,13,14,17)/t8-,10+/m1/s1. The van der Waals surface area contributed by atoms with Gasteiger partial charge in [-0.25, -0.2) is 4.98 Å². The van der Waals surface area contributed by atoms with E-state index in [1.54, 1.807) is 18.1 Å². The van der Waals surface area contributed by atoms with E-state index in [9.17, 15) is 4.79 Å². The summed E-state index contributed by atoms with van der Waals surface area (Å²) >= 11 is 0. The summed E-state index contributed by atoms with van der Waals surface area (Å²) in [6, 6.07) is 1.58. The van der Waals surface area contributed by atoms with E-state index in [1.165, 1.54) is 6.33 Å². The largest absolute Gasteiger partial charge is 0.380 e. The first-order valence-corrected chi connectivity index (χ1v) is 6.40. The van der Waals surface area contributed by atoms with Crippen LogP contribution in [-0.2, 0) is 4.74 Å². The van der Waals surface area contributed by atoms with E-state index < -0.39 is 0 Å². The van der Waals surface area contributed by atoms with E-state index in [1.807, 2.05) is 6.92 Å². The quantitative estimate of drug-likeness (QED) is 0.847. The minimum Gasteiger partial charge on any atom is -0.380 e. The number of aromatic nitrogens is 5. The van der Waals surface area contributed by atoms with Crippen LogP contribution in [0.3, 0.4) is 0 Å². The number of rotatable bonds is 3. The monoisotopic (exact) mass is 276 g/mol. The van der Waals surface area contributed by atoms with Gasteiger partial charge >= 0.3 is 0 Å². The molecule has 0 unspecified atom stereocenters. The Morgan fingerprint density at radius 2 is 2.35 bits per heavy atom. The van der Waals surface area contributed by atoms with E-state index in [4.69, 9.17) is 4.74 Å². The maximum atomic E-state index is 12.6. The highest BCUT2D eigenvalue weighted by Gasteiger charge is 2.38. The molecule has 2 N–H and O–H groups in total. The van der Waals surface area contributed by atoms with Gasteiger partial charge in [-0.05, 0) is 13.0 Å². The Labute approximate surface area is 115 Å². The summed E-state index contributed by atoms with van der Waals surface area (Å²) in [5.74, 6) is 0.542. The lowest BCUT2D eigenvalue weighted by atomic mass is 10.2. The first kappa shape index (κ1) is 12.8. The fraction of sp³-hybridized carbons (Fsp3) is 0.500. The van der Waals surface area contributed by atoms with Crippen LogP contribution in [0.4, 0.5) is 0 Å². The fourth-order valence-electron chi connectivity index (χ4n) is 2.50. The van der Waals surface area contributed by atoms with Crippen LogP contribution in [0.1, 0.15) is 34.5 Å². The summed E-state index contributed by atoms with van der Waals surface area (Å²) in [6.45, 7) is 2.38. The van der Waals surface area contributed by atoms with Crippen molar-refractivity contribution in [1.82, 2.24) is 30.3 Å². The van der Waals surface area contributed by atoms with Gasteiger partial charge in [0.25, 0.3) is 5.91 Å². The molecule has 106 valence electrons. The van der Waals surface area contributed by atoms with Gasteiger partial charge in [-0.15, -0.1) is 0 Å². The number of ether oxygens (including phenoxy) is 1. The molecule has 1 fully saturated rings. The SMILES string of the molecule is CO[C@@H]1C[C@@H](c2ncn[nH]2)N(C(=O)c2cc(C)[nH]n2)C1. The van der Waals surface area contributed by atoms with Crippen LogP contribution in [0, 0.1) is 6.92 Å². The van der Waals surface area contributed by atoms with Crippen LogP contribution in [0.2, 0.25) is 0 Å². The molecule has 0 aromatic carbocycles. The lowest BCUT2D eigenvalue weighted by Gasteiger charge is -2.21. The Kier molecular flexibility index (Phi) is 3.23. The molecule has 1 amide bonds. The van der Waals surface area contributed by atoms with Gasteiger partial charge in [0, 0.05) is 25.8 Å². The summed E-state index contributed by atoms with van der Waals surface area (Å²) in [7, 11) is 1.65. The van der Waals surface area contributed by atoms with E-state index >= 15 is 0 Å². The maximum absolute atomic E-state index is 12.6. The van der Waals surface area contributed by atoms with Gasteiger partial charge in [0.05, 0.1) is 12.1 Å². The molecule has 8 nitrogen and oxygen atoms in total. The van der Waals surface area contributed by atoms with Crippen molar-refractivity contribution in [2.24, 2.45) is 0 Å². The van der Waals surface area contributed by atoms with Gasteiger partial charge in [0.15, 0.2) is 0 Å². The molecule has 0 saturated carbocycles. The van der Waals surface area contributed by atoms with Gasteiger partial charge in [-0.1, -0.05) is 0 Å². The topological polar surface area (TPSA) is 99.8 Å². The van der Waals surface area contributed by atoms with Crippen LogP contribution in [0.5, 0.6) is 0 Å². The molecule has 2 atom stereocenters. The number of aryl methyl sites for hydroxylation is 1. The maximum Gasteiger partial charge on any atom is 0.275 e. The molecule has 0 aliphatic carbocycles. The van der Waals surface area contributed by atoms with Gasteiger partial charge < -0.3 is 9.64 Å². The summed E-state index contributed by atoms with van der Waals surface area (Å²) in [4.78, 5) is 18.4. The van der Waals surface area contributed by atoms with Crippen molar-refractivity contribution in [3.8, 4) is 0 Å². The molecule has 1 aliphatic heterocycles. The van der Waals surface area contributed by atoms with Crippen LogP contribution >= 0.6 is 0 Å². The molecule has 3 heterocycles. The first-order chi connectivity index (χ1) is 9.69. The summed E-state index contributed by atoms with van der Waals surface area (Å²) in [6.07, 6.45) is 2.13. The zero-order valence-electron chi connectivity index (χ0n) is 11.3. The minimum atomic E-state index is -0.160. The van der Waals surface area contributed by atoms with Crippen molar-refractivity contribution in [2.75, 3.05) is 13.7 Å². The number of carbonyl (C=O) groups excluding carboxylic acids is 1. The number of methoxy groups -OCH3 is 1. The fourth-order valence-corrected chi connectivity index (χ4v) is 2.50. The van der Waals surface area contributed by atoms with Gasteiger partial charge in [0.2, 0.25) is 0 Å². The number of nitrogens with one attached hydrogen (secondary N) is 2. The zero-order chi connectivity index (χ0) is 14.1. The number of carbonyl (C=O) groups is 1. The third-order valence-electron chi connectivity index (χ3n) is 3.53. The van der Waals surface area contributed by atoms with E-state index in [2.05, 4.69) is 25.4 Å². The molecule has 0 spiro atoms. The Morgan fingerprint density at radius 3 is 2.95 bits per heavy atom. The normalized spacial score (nSPS) is 22.4. The van der Waals surface area contributed by atoms with Crippen molar-refractivity contribution in [2.45, 2.75) is 25.5 Å². The van der Waals surface area contributed by atoms with Crippen molar-refractivity contribution in [3.05, 3.63) is 29.6 Å². The number of aromatic amines is 2. The molecular formula is C12H16N6O2. The molecule has 2 aromatic heterocycles. The summed E-state index contributed by atoms with van der Waals surface area (Å²) in [5.41, 5.74) is 1.26. The zero-order valence-corrected chi connectivity index (χ0v) is 11.3. The molecule has 3 rings (SSSR count). The molecular weight excluding hydrogens is 260 g/mol. The minimum absolute atomic E-state index is 0.00547. The molecule has 0 bridgehead atoms. The van der Waals surface area contributed by atoms with Crippen molar-refractivity contribution >= 4 is 5.91 Å². The molecule has 20 heavy (non-hydrogen) atoms. The second-order valence-electron chi connectivity index (χ2n) is 4.87. The Balaban J connectivity index is 1.87. The highest BCUT2D eigenvalue weighted by atomic mass is 16.5. The summed E-state index contributed by atoms with van der Waals surface area (Å²) < 4.78 is 5.38. The van der Waals surface area contributed by atoms with Gasteiger partial charge in [0.1, 0.15) is 17.8 Å². The summed E-state index contributed by atoms with van der Waals surface area (Å²) in [5, 5.41) is 13.5. The lowest BCUT2D eigenvalue weighted by Crippen LogP contribution is -2.32. The number of H-pyrrole nitrogens is 2. The van der Waals surface area contributed by atoms with Crippen LogP contribution in [-0.4, -0.2) is 55.9 Å². The lowest BCUT2D eigenvalue weighted by molar-refractivity contribution is 0.0678. The predicted octanol–water partition coefficient (Wildman–Crippen LogP) is 0.438. The highest BCUT2D eigenvalue weighted by molar-refractivity contribution is 5.92. The van der Waals surface area contributed by atoms with Crippen molar-refractivity contribution in [1.29, 1.82) is 0 Å². The van der Waals surface area contributed by atoms with Crippen LogP contribution in [0.15, 0.2) is 12.4 Å². The number of likely N-dealkylation sites (tertiary alicyclic amines) is 1. The number of nitrogens with zero attached hydrogens (tertiary/aromatic N) is 4. The second-order valence-corrected chi connectivity index (χ2v) is 4.87. The van der Waals surface area contributed by atoms with E-state index in [-0.39, 0.29) is 18.1 Å². The average molecular weight is 276 g/mol. The first-order valence-electron chi connectivity index (χ1n) is 6.40. The molecule has 1 aliphatic rings. The van der Waals surface area contributed by atoms with Crippen LogP contribution in [0.25, 0.3) is 0 Å². The average Bonchev–Trinajstić information content (AvgIpc) is 3.17. The highest BCUT2D eigenvalue weighted by Crippen LogP contribution is 2.32. The smallest absolute Gasteiger partial charge is 0.275 e. The number of hydrogen-bond acceptors (Lipinski definition) is 5. The Hall–Kier alpha value is -2.22. The third-order valence-corrected chi connectivity index (χ3v) is 3.53. The van der Waals surface area contributed by atoms with Crippen molar-refractivity contribution < 1.29 is 9.53 Å². The third kappa shape index (κ3) is 2.18. The van der Waals surface area contributed by atoms with Gasteiger partial charge in [-0.2, -0.15) is 10.2 Å². The second kappa shape index (κ2) is 5.04. The van der Waals surface area contributed by atoms with Gasteiger partial charge in [-0.3, -0.25) is 15.0 Å². The Bertz CT molecular complexity index is 593. The van der Waals surface area contributed by atoms with Crippen LogP contribution < -0.4 is 0 Å². The predicted molar refractivity (Wildman–Crippen MR) is 68.9 cm³/mol. The Morgan fingerprint density at radius 1 is 1.50 bits per heavy atom. The number of amides is 1. The molecule has 2 aromatic rings. The molecule has 8 heteroatoms.